The highest BCUT2D eigenvalue weighted by atomic mass is 79.9. The molecule has 1 N–H and O–H groups in total. The average Bonchev–Trinajstić information content (AvgIpc) is 3.01. The number of pyridine rings is 1. The number of amides is 1. The molecule has 5 nitrogen and oxygen atoms in total. The van der Waals surface area contributed by atoms with Gasteiger partial charge in [0, 0.05) is 29.0 Å². The first kappa shape index (κ1) is 21.0. The van der Waals surface area contributed by atoms with Crippen molar-refractivity contribution in [3.8, 4) is 0 Å². The van der Waals surface area contributed by atoms with Crippen LogP contribution in [0.1, 0.15) is 33.9 Å². The summed E-state index contributed by atoms with van der Waals surface area (Å²) in [4.78, 5) is 31.8. The van der Waals surface area contributed by atoms with Crippen molar-refractivity contribution in [3.05, 3.63) is 105 Å². The number of rotatable bonds is 4. The van der Waals surface area contributed by atoms with Crippen LogP contribution in [-0.2, 0) is 16.1 Å². The fourth-order valence-electron chi connectivity index (χ4n) is 3.89. The number of ketones is 1. The number of likely N-dealkylation sites (tertiary alicyclic amines) is 1. The number of hydrogen-bond donors (Lipinski definition) is 1. The molecular weight excluding hydrogens is 456 g/mol. The van der Waals surface area contributed by atoms with Crippen LogP contribution in [0.4, 0.5) is 0 Å². The van der Waals surface area contributed by atoms with Crippen LogP contribution in [0.2, 0.25) is 0 Å². The summed E-state index contributed by atoms with van der Waals surface area (Å²) >= 11 is 3.46. The van der Waals surface area contributed by atoms with Gasteiger partial charge in [0.2, 0.25) is 0 Å². The summed E-state index contributed by atoms with van der Waals surface area (Å²) in [7, 11) is 0. The van der Waals surface area contributed by atoms with Crippen LogP contribution in [0.25, 0.3) is 5.76 Å². The average molecular weight is 477 g/mol. The molecule has 3 aromatic rings. The van der Waals surface area contributed by atoms with E-state index in [0.29, 0.717) is 5.56 Å². The van der Waals surface area contributed by atoms with Crippen LogP contribution >= 0.6 is 15.9 Å². The first-order chi connectivity index (χ1) is 14.9. The van der Waals surface area contributed by atoms with Gasteiger partial charge in [0.05, 0.1) is 11.6 Å². The maximum atomic E-state index is 13.1. The lowest BCUT2D eigenvalue weighted by atomic mass is 9.92. The van der Waals surface area contributed by atoms with Gasteiger partial charge in [0.1, 0.15) is 5.76 Å². The second kappa shape index (κ2) is 8.47. The maximum absolute atomic E-state index is 13.1. The molecule has 0 radical (unpaired) electrons. The Labute approximate surface area is 189 Å². The van der Waals surface area contributed by atoms with Crippen LogP contribution in [-0.4, -0.2) is 26.7 Å². The van der Waals surface area contributed by atoms with E-state index in [1.165, 1.54) is 4.90 Å². The molecule has 0 bridgehead atoms. The van der Waals surface area contributed by atoms with Gasteiger partial charge in [-0.25, -0.2) is 0 Å². The molecule has 1 amide bonds. The van der Waals surface area contributed by atoms with Crippen molar-refractivity contribution in [3.63, 3.8) is 0 Å². The molecule has 1 saturated heterocycles. The quantitative estimate of drug-likeness (QED) is 0.323. The molecule has 31 heavy (non-hydrogen) atoms. The standard InChI is InChI=1S/C25H21BrN2O3/c1-15-5-3-4-6-19(15)22-21(23(29)18-7-8-20(26)16(2)13-18)24(30)25(31)28(22)14-17-9-11-27-12-10-17/h3-13,22,29H,14H2,1-2H3/b23-21+. The molecule has 0 spiro atoms. The summed E-state index contributed by atoms with van der Waals surface area (Å²) in [5.41, 5.74) is 4.13. The summed E-state index contributed by atoms with van der Waals surface area (Å²) in [5, 5.41) is 11.2. The van der Waals surface area contributed by atoms with E-state index >= 15 is 0 Å². The van der Waals surface area contributed by atoms with Crippen molar-refractivity contribution in [2.75, 3.05) is 0 Å². The number of nitrogens with zero attached hydrogens (tertiary/aromatic N) is 2. The Morgan fingerprint density at radius 3 is 2.42 bits per heavy atom. The van der Waals surface area contributed by atoms with Gasteiger partial charge >= 0.3 is 0 Å². The number of carbonyl (C=O) groups excluding carboxylic acids is 2. The minimum atomic E-state index is -0.682. The minimum absolute atomic E-state index is 0.107. The van der Waals surface area contributed by atoms with Gasteiger partial charge in [-0.3, -0.25) is 14.6 Å². The fourth-order valence-corrected chi connectivity index (χ4v) is 4.14. The summed E-state index contributed by atoms with van der Waals surface area (Å²) in [6.07, 6.45) is 3.30. The molecule has 1 unspecified atom stereocenters. The van der Waals surface area contributed by atoms with Crippen LogP contribution in [0.5, 0.6) is 0 Å². The van der Waals surface area contributed by atoms with E-state index in [0.717, 1.165) is 26.7 Å². The third-order valence-corrected chi connectivity index (χ3v) is 6.45. The molecule has 1 fully saturated rings. The van der Waals surface area contributed by atoms with Gasteiger partial charge in [0.25, 0.3) is 11.7 Å². The highest BCUT2D eigenvalue weighted by Crippen LogP contribution is 2.41. The van der Waals surface area contributed by atoms with E-state index in [2.05, 4.69) is 20.9 Å². The van der Waals surface area contributed by atoms with Gasteiger partial charge in [-0.2, -0.15) is 0 Å². The zero-order valence-electron chi connectivity index (χ0n) is 17.2. The number of aryl methyl sites for hydroxylation is 2. The molecule has 6 heteroatoms. The zero-order chi connectivity index (χ0) is 22.1. The molecular formula is C25H21BrN2O3. The largest absolute Gasteiger partial charge is 0.507 e. The van der Waals surface area contributed by atoms with Crippen molar-refractivity contribution in [2.24, 2.45) is 0 Å². The minimum Gasteiger partial charge on any atom is -0.507 e. The number of aromatic nitrogens is 1. The van der Waals surface area contributed by atoms with Gasteiger partial charge in [-0.1, -0.05) is 46.3 Å². The zero-order valence-corrected chi connectivity index (χ0v) is 18.8. The Hall–Kier alpha value is -3.25. The summed E-state index contributed by atoms with van der Waals surface area (Å²) in [5.74, 6) is -1.47. The Morgan fingerprint density at radius 2 is 1.74 bits per heavy atom. The highest BCUT2D eigenvalue weighted by molar-refractivity contribution is 9.10. The van der Waals surface area contributed by atoms with Crippen molar-refractivity contribution in [2.45, 2.75) is 26.4 Å². The predicted molar refractivity (Wildman–Crippen MR) is 122 cm³/mol. The molecule has 1 aromatic heterocycles. The number of aliphatic hydroxyl groups is 1. The predicted octanol–water partition coefficient (Wildman–Crippen LogP) is 5.08. The van der Waals surface area contributed by atoms with Crippen molar-refractivity contribution >= 4 is 33.4 Å². The molecule has 0 saturated carbocycles. The Kier molecular flexibility index (Phi) is 5.74. The van der Waals surface area contributed by atoms with E-state index in [1.54, 1.807) is 24.5 Å². The fraction of sp³-hybridized carbons (Fsp3) is 0.160. The number of carbonyl (C=O) groups is 2. The topological polar surface area (TPSA) is 70.5 Å². The normalized spacial score (nSPS) is 17.9. The number of aliphatic hydroxyl groups excluding tert-OH is 1. The van der Waals surface area contributed by atoms with Crippen molar-refractivity contribution < 1.29 is 14.7 Å². The molecule has 156 valence electrons. The van der Waals surface area contributed by atoms with Gasteiger partial charge in [-0.05, 0) is 60.4 Å². The molecule has 2 heterocycles. The monoisotopic (exact) mass is 476 g/mol. The van der Waals surface area contributed by atoms with Gasteiger partial charge < -0.3 is 10.0 Å². The van der Waals surface area contributed by atoms with E-state index < -0.39 is 17.7 Å². The summed E-state index contributed by atoms with van der Waals surface area (Å²) in [6, 6.07) is 15.9. The first-order valence-electron chi connectivity index (χ1n) is 9.88. The van der Waals surface area contributed by atoms with E-state index in [9.17, 15) is 14.7 Å². The smallest absolute Gasteiger partial charge is 0.295 e. The Balaban J connectivity index is 1.90. The van der Waals surface area contributed by atoms with Crippen LogP contribution in [0, 0.1) is 13.8 Å². The number of hydrogen-bond acceptors (Lipinski definition) is 4. The van der Waals surface area contributed by atoms with Gasteiger partial charge in [-0.15, -0.1) is 0 Å². The third-order valence-electron chi connectivity index (χ3n) is 5.56. The SMILES string of the molecule is Cc1cc(/C(O)=C2\C(=O)C(=O)N(Cc3ccncc3)C2c2ccccc2C)ccc1Br. The Morgan fingerprint density at radius 1 is 1.03 bits per heavy atom. The number of Topliss-reactive ketones (excluding diaryl/α,β-unsaturated/α-hetero) is 1. The van der Waals surface area contributed by atoms with Crippen LogP contribution in [0.3, 0.4) is 0 Å². The summed E-state index contributed by atoms with van der Waals surface area (Å²) in [6.45, 7) is 4.08. The molecule has 0 aliphatic carbocycles. The number of benzene rings is 2. The highest BCUT2D eigenvalue weighted by Gasteiger charge is 2.46. The molecule has 1 atom stereocenters. The lowest BCUT2D eigenvalue weighted by Crippen LogP contribution is -2.29. The van der Waals surface area contributed by atoms with Crippen molar-refractivity contribution in [1.82, 2.24) is 9.88 Å². The number of halogens is 1. The van der Waals surface area contributed by atoms with E-state index in [-0.39, 0.29) is 17.9 Å². The third kappa shape index (κ3) is 3.91. The second-order valence-electron chi connectivity index (χ2n) is 7.60. The molecule has 2 aromatic carbocycles. The van der Waals surface area contributed by atoms with Crippen molar-refractivity contribution in [1.29, 1.82) is 0 Å². The van der Waals surface area contributed by atoms with Crippen LogP contribution < -0.4 is 0 Å². The Bertz CT molecular complexity index is 1200. The van der Waals surface area contributed by atoms with Gasteiger partial charge in [0.15, 0.2) is 0 Å². The first-order valence-corrected chi connectivity index (χ1v) is 10.7. The summed E-state index contributed by atoms with van der Waals surface area (Å²) < 4.78 is 0.901. The van der Waals surface area contributed by atoms with Crippen LogP contribution in [0.15, 0.2) is 77.0 Å². The molecule has 1 aliphatic heterocycles. The maximum Gasteiger partial charge on any atom is 0.295 e. The molecule has 1 aliphatic rings. The second-order valence-corrected chi connectivity index (χ2v) is 8.46. The van der Waals surface area contributed by atoms with E-state index in [4.69, 9.17) is 0 Å². The lowest BCUT2D eigenvalue weighted by Gasteiger charge is -2.26. The van der Waals surface area contributed by atoms with E-state index in [1.807, 2.05) is 56.3 Å². The lowest BCUT2D eigenvalue weighted by molar-refractivity contribution is -0.140. The molecule has 4 rings (SSSR count).